The number of hydrogen-bond acceptors (Lipinski definition) is 3. The lowest BCUT2D eigenvalue weighted by Gasteiger charge is -2.20. The van der Waals surface area contributed by atoms with E-state index in [0.29, 0.717) is 18.9 Å². The maximum Gasteiger partial charge on any atom is 0.222 e. The van der Waals surface area contributed by atoms with Crippen molar-refractivity contribution in [2.24, 2.45) is 11.7 Å². The molecule has 0 aliphatic rings. The molecule has 0 radical (unpaired) electrons. The van der Waals surface area contributed by atoms with Crippen LogP contribution in [0.15, 0.2) is 24.5 Å². The van der Waals surface area contributed by atoms with Gasteiger partial charge in [0.1, 0.15) is 0 Å². The zero-order chi connectivity index (χ0) is 13.4. The summed E-state index contributed by atoms with van der Waals surface area (Å²) >= 11 is 0. The molecule has 0 saturated carbocycles. The smallest absolute Gasteiger partial charge is 0.222 e. The Bertz CT molecular complexity index is 349. The summed E-state index contributed by atoms with van der Waals surface area (Å²) < 4.78 is 0. The molecule has 1 atom stereocenters. The second-order valence-corrected chi connectivity index (χ2v) is 4.63. The third kappa shape index (κ3) is 4.84. The molecule has 0 saturated heterocycles. The molecule has 0 aliphatic carbocycles. The van der Waals surface area contributed by atoms with Crippen molar-refractivity contribution < 1.29 is 4.79 Å². The fourth-order valence-electron chi connectivity index (χ4n) is 1.77. The number of nitrogens with zero attached hydrogens (tertiary/aromatic N) is 2. The largest absolute Gasteiger partial charge is 0.345 e. The van der Waals surface area contributed by atoms with Gasteiger partial charge in [0, 0.05) is 32.4 Å². The Morgan fingerprint density at radius 1 is 1.44 bits per heavy atom. The van der Waals surface area contributed by atoms with Crippen LogP contribution in [0.2, 0.25) is 0 Å². The Hall–Kier alpha value is -1.42. The zero-order valence-corrected chi connectivity index (χ0v) is 11.3. The fourth-order valence-corrected chi connectivity index (χ4v) is 1.77. The van der Waals surface area contributed by atoms with E-state index in [2.05, 4.69) is 11.9 Å². The molecule has 0 spiro atoms. The molecule has 0 aromatic carbocycles. The first-order chi connectivity index (χ1) is 8.67. The van der Waals surface area contributed by atoms with E-state index >= 15 is 0 Å². The van der Waals surface area contributed by atoms with Gasteiger partial charge in [-0.25, -0.2) is 0 Å². The summed E-state index contributed by atoms with van der Waals surface area (Å²) in [6.07, 6.45) is 5.93. The predicted octanol–water partition coefficient (Wildman–Crippen LogP) is 1.46. The van der Waals surface area contributed by atoms with Crippen LogP contribution in [0.1, 0.15) is 25.3 Å². The number of nitrogens with two attached hydrogens (primary N) is 1. The maximum absolute atomic E-state index is 12.0. The highest BCUT2D eigenvalue weighted by Crippen LogP contribution is 2.08. The number of carbonyl (C=O) groups excluding carboxylic acids is 1. The number of carbonyl (C=O) groups is 1. The van der Waals surface area contributed by atoms with Crippen molar-refractivity contribution in [3.63, 3.8) is 0 Å². The van der Waals surface area contributed by atoms with Crippen LogP contribution < -0.4 is 5.73 Å². The standard InChI is InChI=1S/C14H23N3O/c1-3-12(11-15)10-14(18)17(2)9-6-13-4-7-16-8-5-13/h4-5,7-8,12H,3,6,9-11,15H2,1-2H3. The minimum absolute atomic E-state index is 0.182. The average Bonchev–Trinajstić information content (AvgIpc) is 2.42. The van der Waals surface area contributed by atoms with Crippen LogP contribution >= 0.6 is 0 Å². The van der Waals surface area contributed by atoms with E-state index < -0.39 is 0 Å². The Morgan fingerprint density at radius 3 is 2.67 bits per heavy atom. The maximum atomic E-state index is 12.0. The van der Waals surface area contributed by atoms with E-state index in [4.69, 9.17) is 5.73 Å². The van der Waals surface area contributed by atoms with Gasteiger partial charge in [0.15, 0.2) is 0 Å². The molecule has 0 bridgehead atoms. The van der Waals surface area contributed by atoms with Gasteiger partial charge in [-0.3, -0.25) is 9.78 Å². The normalized spacial score (nSPS) is 12.2. The summed E-state index contributed by atoms with van der Waals surface area (Å²) in [5.41, 5.74) is 6.82. The van der Waals surface area contributed by atoms with Crippen molar-refractivity contribution in [2.75, 3.05) is 20.1 Å². The highest BCUT2D eigenvalue weighted by atomic mass is 16.2. The Kier molecular flexibility index (Phi) is 6.36. The van der Waals surface area contributed by atoms with Crippen LogP contribution in [0, 0.1) is 5.92 Å². The molecule has 4 heteroatoms. The Balaban J connectivity index is 2.36. The second-order valence-electron chi connectivity index (χ2n) is 4.63. The Morgan fingerprint density at radius 2 is 2.11 bits per heavy atom. The molecule has 0 fully saturated rings. The zero-order valence-electron chi connectivity index (χ0n) is 11.3. The Labute approximate surface area is 109 Å². The van der Waals surface area contributed by atoms with Crippen molar-refractivity contribution in [1.82, 2.24) is 9.88 Å². The van der Waals surface area contributed by atoms with Gasteiger partial charge in [-0.2, -0.15) is 0 Å². The van der Waals surface area contributed by atoms with Crippen molar-refractivity contribution >= 4 is 5.91 Å². The first-order valence-electron chi connectivity index (χ1n) is 6.50. The van der Waals surface area contributed by atoms with Gasteiger partial charge in [0.2, 0.25) is 5.91 Å². The third-order valence-electron chi connectivity index (χ3n) is 3.28. The van der Waals surface area contributed by atoms with E-state index in [1.807, 2.05) is 19.2 Å². The van der Waals surface area contributed by atoms with Gasteiger partial charge in [-0.05, 0) is 36.6 Å². The van der Waals surface area contributed by atoms with Crippen molar-refractivity contribution in [1.29, 1.82) is 0 Å². The number of pyridine rings is 1. The molecule has 1 heterocycles. The van der Waals surface area contributed by atoms with Crippen LogP contribution in [0.4, 0.5) is 0 Å². The summed E-state index contributed by atoms with van der Waals surface area (Å²) in [6.45, 7) is 3.39. The molecule has 18 heavy (non-hydrogen) atoms. The van der Waals surface area contributed by atoms with Gasteiger partial charge in [-0.15, -0.1) is 0 Å². The summed E-state index contributed by atoms with van der Waals surface area (Å²) in [4.78, 5) is 17.7. The van der Waals surface area contributed by atoms with Crippen molar-refractivity contribution in [3.05, 3.63) is 30.1 Å². The molecular formula is C14H23N3O. The van der Waals surface area contributed by atoms with Gasteiger partial charge >= 0.3 is 0 Å². The molecule has 1 aromatic heterocycles. The molecule has 1 rings (SSSR count). The summed E-state index contributed by atoms with van der Waals surface area (Å²) in [5, 5.41) is 0. The van der Waals surface area contributed by atoms with Gasteiger partial charge < -0.3 is 10.6 Å². The third-order valence-corrected chi connectivity index (χ3v) is 3.28. The number of likely N-dealkylation sites (N-methyl/N-ethyl adjacent to an activating group) is 1. The summed E-state index contributed by atoms with van der Waals surface area (Å²) in [5.74, 6) is 0.488. The second kappa shape index (κ2) is 7.82. The van der Waals surface area contributed by atoms with Gasteiger partial charge in [0.05, 0.1) is 0 Å². The molecule has 1 amide bonds. The quantitative estimate of drug-likeness (QED) is 0.796. The van der Waals surface area contributed by atoms with E-state index in [0.717, 1.165) is 19.4 Å². The lowest BCUT2D eigenvalue weighted by Crippen LogP contribution is -2.31. The van der Waals surface area contributed by atoms with Crippen LogP contribution in [0.25, 0.3) is 0 Å². The first-order valence-corrected chi connectivity index (χ1v) is 6.50. The van der Waals surface area contributed by atoms with Crippen LogP contribution in [0.3, 0.4) is 0 Å². The molecule has 100 valence electrons. The van der Waals surface area contributed by atoms with Gasteiger partial charge in [-0.1, -0.05) is 13.3 Å². The van der Waals surface area contributed by atoms with E-state index in [-0.39, 0.29) is 5.91 Å². The first kappa shape index (κ1) is 14.6. The molecule has 0 aliphatic heterocycles. The predicted molar refractivity (Wildman–Crippen MR) is 73.0 cm³/mol. The molecular weight excluding hydrogens is 226 g/mol. The minimum atomic E-state index is 0.182. The highest BCUT2D eigenvalue weighted by Gasteiger charge is 2.14. The fraction of sp³-hybridized carbons (Fsp3) is 0.571. The SMILES string of the molecule is CCC(CN)CC(=O)N(C)CCc1ccncc1. The minimum Gasteiger partial charge on any atom is -0.345 e. The van der Waals surface area contributed by atoms with Crippen LogP contribution in [0.5, 0.6) is 0 Å². The lowest BCUT2D eigenvalue weighted by atomic mass is 10.0. The van der Waals surface area contributed by atoms with Gasteiger partial charge in [0.25, 0.3) is 0 Å². The van der Waals surface area contributed by atoms with E-state index in [1.54, 1.807) is 17.3 Å². The molecule has 1 unspecified atom stereocenters. The highest BCUT2D eigenvalue weighted by molar-refractivity contribution is 5.76. The van der Waals surface area contributed by atoms with Crippen LogP contribution in [-0.4, -0.2) is 35.9 Å². The number of hydrogen-bond donors (Lipinski definition) is 1. The molecule has 2 N–H and O–H groups in total. The molecule has 4 nitrogen and oxygen atoms in total. The monoisotopic (exact) mass is 249 g/mol. The van der Waals surface area contributed by atoms with E-state index in [1.165, 1.54) is 5.56 Å². The van der Waals surface area contributed by atoms with Crippen molar-refractivity contribution in [3.8, 4) is 0 Å². The van der Waals surface area contributed by atoms with Crippen molar-refractivity contribution in [2.45, 2.75) is 26.2 Å². The summed E-state index contributed by atoms with van der Waals surface area (Å²) in [7, 11) is 1.85. The molecule has 1 aromatic rings. The number of aromatic nitrogens is 1. The summed E-state index contributed by atoms with van der Waals surface area (Å²) in [6, 6.07) is 3.96. The van der Waals surface area contributed by atoms with E-state index in [9.17, 15) is 4.79 Å². The van der Waals surface area contributed by atoms with Crippen LogP contribution in [-0.2, 0) is 11.2 Å². The average molecular weight is 249 g/mol. The number of amides is 1. The topological polar surface area (TPSA) is 59.2 Å². The number of rotatable bonds is 7. The lowest BCUT2D eigenvalue weighted by molar-refractivity contribution is -0.130.